The summed E-state index contributed by atoms with van der Waals surface area (Å²) in [4.78, 5) is 29.0. The first-order chi connectivity index (χ1) is 22.0. The Hall–Kier alpha value is -2.33. The van der Waals surface area contributed by atoms with Crippen molar-refractivity contribution in [1.82, 2.24) is 0 Å². The van der Waals surface area contributed by atoms with E-state index >= 15 is 0 Å². The zero-order chi connectivity index (χ0) is 34.6. The average Bonchev–Trinajstić information content (AvgIpc) is 3.68. The zero-order valence-electron chi connectivity index (χ0n) is 31.0. The first kappa shape index (κ1) is 34.5. The van der Waals surface area contributed by atoms with Crippen LogP contribution in [0.5, 0.6) is 5.75 Å². The van der Waals surface area contributed by atoms with Crippen LogP contribution in [0.2, 0.25) is 33.2 Å². The van der Waals surface area contributed by atoms with Gasteiger partial charge in [-0.3, -0.25) is 9.59 Å². The van der Waals surface area contributed by atoms with Crippen molar-refractivity contribution in [3.05, 3.63) is 74.7 Å². The van der Waals surface area contributed by atoms with Crippen LogP contribution in [0.15, 0.2) is 69.1 Å². The lowest BCUT2D eigenvalue weighted by atomic mass is 9.83. The van der Waals surface area contributed by atoms with Crippen LogP contribution >= 0.6 is 0 Å². The molecule has 1 aromatic carbocycles. The second-order valence-corrected chi connectivity index (χ2v) is 28.3. The number of ketones is 2. The Morgan fingerprint density at radius 1 is 0.617 bits per heavy atom. The van der Waals surface area contributed by atoms with Crippen LogP contribution in [0, 0.1) is 0 Å². The van der Waals surface area contributed by atoms with Gasteiger partial charge in [-0.05, 0) is 90.2 Å². The summed E-state index contributed by atoms with van der Waals surface area (Å²) in [6, 6.07) is 7.91. The van der Waals surface area contributed by atoms with Crippen LogP contribution < -0.4 is 4.74 Å². The lowest BCUT2D eigenvalue weighted by Gasteiger charge is -2.46. The maximum atomic E-state index is 14.5. The summed E-state index contributed by atoms with van der Waals surface area (Å²) < 4.78 is 20.2. The first-order valence-corrected chi connectivity index (χ1v) is 22.5. The maximum absolute atomic E-state index is 14.5. The molecule has 1 aromatic rings. The van der Waals surface area contributed by atoms with Gasteiger partial charge in [0.05, 0.1) is 23.3 Å². The molecular weight excluding hydrogens is 617 g/mol. The number of ether oxygens (including phenoxy) is 3. The van der Waals surface area contributed by atoms with E-state index < -0.39 is 33.6 Å². The van der Waals surface area contributed by atoms with Crippen LogP contribution in [-0.4, -0.2) is 46.0 Å². The van der Waals surface area contributed by atoms with Crippen LogP contribution in [0.3, 0.4) is 0 Å². The molecule has 1 saturated heterocycles. The third-order valence-electron chi connectivity index (χ3n) is 13.0. The van der Waals surface area contributed by atoms with Crippen molar-refractivity contribution in [3.8, 4) is 5.75 Å². The van der Waals surface area contributed by atoms with Crippen molar-refractivity contribution in [1.29, 1.82) is 0 Å². The Morgan fingerprint density at radius 2 is 0.957 bits per heavy atom. The van der Waals surface area contributed by atoms with E-state index in [1.165, 1.54) is 0 Å². The minimum Gasteiger partial charge on any atom is -0.497 e. The molecule has 0 bridgehead atoms. The Kier molecular flexibility index (Phi) is 8.35. The highest BCUT2D eigenvalue weighted by molar-refractivity contribution is 6.94. The highest BCUT2D eigenvalue weighted by Crippen LogP contribution is 2.71. The summed E-state index contributed by atoms with van der Waals surface area (Å²) in [5.41, 5.74) is 5.43. The summed E-state index contributed by atoms with van der Waals surface area (Å²) in [6.07, 6.45) is 4.63. The quantitative estimate of drug-likeness (QED) is 0.232. The Balaban J connectivity index is 1.72. The number of carbonyl (C=O) groups is 2. The van der Waals surface area contributed by atoms with Crippen molar-refractivity contribution in [3.63, 3.8) is 0 Å². The molecule has 47 heavy (non-hydrogen) atoms. The van der Waals surface area contributed by atoms with E-state index in [-0.39, 0.29) is 11.6 Å². The molecule has 5 nitrogen and oxygen atoms in total. The van der Waals surface area contributed by atoms with Gasteiger partial charge in [0, 0.05) is 18.4 Å². The molecule has 0 radical (unpaired) electrons. The molecule has 0 unspecified atom stereocenters. The van der Waals surface area contributed by atoms with E-state index in [1.807, 2.05) is 24.3 Å². The Morgan fingerprint density at radius 3 is 1.26 bits per heavy atom. The number of carbonyl (C=O) groups excluding carboxylic acids is 2. The smallest absolute Gasteiger partial charge is 0.187 e. The van der Waals surface area contributed by atoms with E-state index in [0.717, 1.165) is 44.0 Å². The number of hydrogen-bond donors (Lipinski definition) is 0. The topological polar surface area (TPSA) is 61.8 Å². The summed E-state index contributed by atoms with van der Waals surface area (Å²) >= 11 is 0. The monoisotopic (exact) mass is 672 g/mol. The van der Waals surface area contributed by atoms with E-state index in [2.05, 4.69) is 95.2 Å². The Bertz CT molecular complexity index is 1490. The highest BCUT2D eigenvalue weighted by Gasteiger charge is 2.75. The molecule has 0 spiro atoms. The molecule has 0 saturated carbocycles. The van der Waals surface area contributed by atoms with Gasteiger partial charge in [-0.15, -0.1) is 0 Å². The molecule has 0 aromatic heterocycles. The third-order valence-corrected chi connectivity index (χ3v) is 27.3. The molecule has 6 rings (SSSR count). The summed E-state index contributed by atoms with van der Waals surface area (Å²) in [7, 11) is -3.15. The molecule has 0 N–H and O–H groups in total. The fraction of sp³-hybridized carbons (Fsp3) is 0.600. The normalized spacial score (nSPS) is 26.2. The average molecular weight is 673 g/mol. The molecule has 1 heterocycles. The SMILES string of the molecule is COc1ccc(C2O[C@]34C=C5CC(=O)C([Si](C(C)C)(C(C)C)C(C)C)=C5[C@]3(C=C3CC(=O)C([Si](C(C)C)(C(C)C)C(C)C)=C34)O2)cc1. The second-order valence-electron chi connectivity index (χ2n) is 16.6. The number of fused-ring (bicyclic) bond motifs is 2. The summed E-state index contributed by atoms with van der Waals surface area (Å²) in [5.74, 6) is 1.31. The molecule has 5 aliphatic rings. The van der Waals surface area contributed by atoms with Gasteiger partial charge in [0.1, 0.15) is 5.75 Å². The number of Topliss-reactive ketones (excluding diaryl/α,β-unsaturated/α-hetero) is 2. The predicted octanol–water partition coefficient (Wildman–Crippen LogP) is 10.1. The molecule has 4 aliphatic carbocycles. The molecule has 2 atom stereocenters. The molecule has 1 aliphatic heterocycles. The first-order valence-electron chi connectivity index (χ1n) is 18.0. The van der Waals surface area contributed by atoms with Crippen LogP contribution in [0.25, 0.3) is 0 Å². The van der Waals surface area contributed by atoms with Gasteiger partial charge in [0.15, 0.2) is 29.1 Å². The van der Waals surface area contributed by atoms with E-state index in [4.69, 9.17) is 14.2 Å². The van der Waals surface area contributed by atoms with Gasteiger partial charge in [-0.2, -0.15) is 0 Å². The van der Waals surface area contributed by atoms with Crippen molar-refractivity contribution in [2.45, 2.75) is 147 Å². The number of rotatable bonds is 10. The zero-order valence-corrected chi connectivity index (χ0v) is 33.0. The van der Waals surface area contributed by atoms with Crippen molar-refractivity contribution >= 4 is 27.7 Å². The lowest BCUT2D eigenvalue weighted by molar-refractivity contribution is -0.115. The highest BCUT2D eigenvalue weighted by atomic mass is 28.3. The van der Waals surface area contributed by atoms with Gasteiger partial charge in [0.25, 0.3) is 0 Å². The lowest BCUT2D eigenvalue weighted by Crippen LogP contribution is -2.54. The van der Waals surface area contributed by atoms with Crippen molar-refractivity contribution in [2.24, 2.45) is 0 Å². The fourth-order valence-electron chi connectivity index (χ4n) is 11.9. The number of methoxy groups -OCH3 is 1. The fourth-order valence-corrected chi connectivity index (χ4v) is 26.0. The predicted molar refractivity (Wildman–Crippen MR) is 195 cm³/mol. The third kappa shape index (κ3) is 4.18. The van der Waals surface area contributed by atoms with E-state index in [9.17, 15) is 9.59 Å². The summed E-state index contributed by atoms with van der Waals surface area (Å²) in [6.45, 7) is 28.0. The van der Waals surface area contributed by atoms with Crippen LogP contribution in [0.4, 0.5) is 0 Å². The van der Waals surface area contributed by atoms with Crippen molar-refractivity contribution in [2.75, 3.05) is 7.11 Å². The van der Waals surface area contributed by atoms with Crippen LogP contribution in [-0.2, 0) is 19.1 Å². The van der Waals surface area contributed by atoms with Crippen molar-refractivity contribution < 1.29 is 23.8 Å². The number of hydrogen-bond acceptors (Lipinski definition) is 5. The standard InChI is InChI=1S/C40H56O5Si2/c1-22(2)46(23(3)4,24(5)6)36-32(41)18-29-20-40-35-30(19-33(42)37(35)47(25(7)8,26(9)10)27(11)12)21-39(40,34(29)36)44-38(45-40)28-14-16-31(43-13)17-15-28/h14-17,20-27,38H,18-19H2,1-13H3/t39-,40-/m0/s1. The van der Waals surface area contributed by atoms with E-state index in [1.54, 1.807) is 7.11 Å². The molecule has 1 fully saturated rings. The molecule has 0 amide bonds. The largest absolute Gasteiger partial charge is 0.497 e. The molecule has 7 heteroatoms. The molecular formula is C40H56O5Si2. The minimum absolute atomic E-state index is 0.268. The second kappa shape index (κ2) is 11.4. The number of benzene rings is 1. The van der Waals surface area contributed by atoms with Gasteiger partial charge in [0.2, 0.25) is 0 Å². The number of allylic oxidation sites excluding steroid dienone is 2. The summed E-state index contributed by atoms with van der Waals surface area (Å²) in [5, 5.41) is 2.13. The maximum Gasteiger partial charge on any atom is 0.187 e. The van der Waals surface area contributed by atoms with Gasteiger partial charge in [-0.1, -0.05) is 95.2 Å². The van der Waals surface area contributed by atoms with Crippen LogP contribution in [0.1, 0.15) is 108 Å². The molecule has 254 valence electrons. The minimum atomic E-state index is -2.41. The van der Waals surface area contributed by atoms with E-state index in [0.29, 0.717) is 46.1 Å². The van der Waals surface area contributed by atoms with Gasteiger partial charge < -0.3 is 14.2 Å². The Labute approximate surface area is 284 Å². The van der Waals surface area contributed by atoms with Gasteiger partial charge in [-0.25, -0.2) is 0 Å². The van der Waals surface area contributed by atoms with Gasteiger partial charge >= 0.3 is 0 Å².